The van der Waals surface area contributed by atoms with Gasteiger partial charge in [-0.15, -0.1) is 0 Å². The van der Waals surface area contributed by atoms with Crippen LogP contribution in [0.15, 0.2) is 0 Å². The van der Waals surface area contributed by atoms with E-state index in [1.54, 1.807) is 0 Å². The zero-order chi connectivity index (χ0) is 20.6. The number of piperidine rings is 1. The summed E-state index contributed by atoms with van der Waals surface area (Å²) >= 11 is 0. The number of piperazine rings is 1. The maximum absolute atomic E-state index is 12.2. The highest BCUT2D eigenvalue weighted by Crippen LogP contribution is 2.22. The summed E-state index contributed by atoms with van der Waals surface area (Å²) in [4.78, 5) is 31.8. The number of carbonyl (C=O) groups is 2. The Morgan fingerprint density at radius 2 is 1.72 bits per heavy atom. The lowest BCUT2D eigenvalue weighted by atomic mass is 9.92. The van der Waals surface area contributed by atoms with Crippen molar-refractivity contribution in [2.45, 2.75) is 44.6 Å². The van der Waals surface area contributed by atoms with E-state index < -0.39 is 5.97 Å². The number of carboxylic acids is 1. The number of hydrogen-bond acceptors (Lipinski definition) is 6. The minimum atomic E-state index is -0.720. The summed E-state index contributed by atoms with van der Waals surface area (Å²) in [5.74, 6) is 0.0926. The van der Waals surface area contributed by atoms with Crippen LogP contribution in [0.1, 0.15) is 38.5 Å². The molecule has 0 aromatic carbocycles. The molecule has 3 aliphatic heterocycles. The van der Waals surface area contributed by atoms with Gasteiger partial charge in [-0.1, -0.05) is 0 Å². The van der Waals surface area contributed by atoms with Crippen LogP contribution in [0.3, 0.4) is 0 Å². The lowest BCUT2D eigenvalue weighted by Gasteiger charge is -2.35. The number of hydrogen-bond donors (Lipinski definition) is 1. The number of aliphatic carboxylic acids is 1. The molecule has 8 heteroatoms. The van der Waals surface area contributed by atoms with E-state index in [-0.39, 0.29) is 18.6 Å². The van der Waals surface area contributed by atoms with Crippen LogP contribution in [-0.2, 0) is 9.53 Å². The first kappa shape index (κ1) is 22.3. The maximum atomic E-state index is 12.2. The Kier molecular flexibility index (Phi) is 8.56. The molecule has 1 N–H and O–H groups in total. The number of rotatable bonds is 10. The third-order valence-corrected chi connectivity index (χ3v) is 6.62. The van der Waals surface area contributed by atoms with Crippen LogP contribution in [0.25, 0.3) is 0 Å². The van der Waals surface area contributed by atoms with Gasteiger partial charge in [0.05, 0.1) is 6.54 Å². The summed E-state index contributed by atoms with van der Waals surface area (Å²) in [7, 11) is 2.19. The van der Waals surface area contributed by atoms with Gasteiger partial charge < -0.3 is 24.5 Å². The minimum absolute atomic E-state index is 0.0237. The molecular formula is C21H38N4O4. The molecule has 29 heavy (non-hydrogen) atoms. The molecule has 1 amide bonds. The van der Waals surface area contributed by atoms with E-state index in [0.717, 1.165) is 58.2 Å². The Hall–Kier alpha value is -1.38. The maximum Gasteiger partial charge on any atom is 0.410 e. The predicted octanol–water partition coefficient (Wildman–Crippen LogP) is 1.41. The van der Waals surface area contributed by atoms with E-state index in [1.165, 1.54) is 32.4 Å². The van der Waals surface area contributed by atoms with E-state index >= 15 is 0 Å². The van der Waals surface area contributed by atoms with E-state index in [2.05, 4.69) is 21.7 Å². The van der Waals surface area contributed by atoms with Crippen LogP contribution < -0.4 is 0 Å². The summed E-state index contributed by atoms with van der Waals surface area (Å²) in [6, 6.07) is 0. The Balaban J connectivity index is 1.28. The summed E-state index contributed by atoms with van der Waals surface area (Å²) < 4.78 is 5.61. The van der Waals surface area contributed by atoms with Crippen molar-refractivity contribution in [1.82, 2.24) is 19.6 Å². The summed E-state index contributed by atoms with van der Waals surface area (Å²) in [6.07, 6.45) is 5.64. The molecular weight excluding hydrogens is 372 g/mol. The van der Waals surface area contributed by atoms with Gasteiger partial charge >= 0.3 is 12.1 Å². The number of likely N-dealkylation sites (tertiary alicyclic amines) is 1. The Bertz CT molecular complexity index is 531. The molecule has 3 rings (SSSR count). The molecule has 166 valence electrons. The van der Waals surface area contributed by atoms with Gasteiger partial charge in [-0.25, -0.2) is 4.79 Å². The number of nitrogens with zero attached hydrogens (tertiary/aromatic N) is 4. The number of amides is 1. The third kappa shape index (κ3) is 7.42. The number of carboxylic acid groups (broad SMARTS) is 1. The summed E-state index contributed by atoms with van der Waals surface area (Å²) in [5.41, 5.74) is 0. The molecule has 0 saturated carbocycles. The molecule has 1 atom stereocenters. The van der Waals surface area contributed by atoms with Crippen LogP contribution in [0.2, 0.25) is 0 Å². The highest BCUT2D eigenvalue weighted by Gasteiger charge is 2.33. The minimum Gasteiger partial charge on any atom is -0.481 e. The van der Waals surface area contributed by atoms with Crippen molar-refractivity contribution in [3.05, 3.63) is 0 Å². The Morgan fingerprint density at radius 1 is 1.03 bits per heavy atom. The molecule has 1 unspecified atom stereocenters. The average Bonchev–Trinajstić information content (AvgIpc) is 3.03. The van der Waals surface area contributed by atoms with Crippen LogP contribution in [0.4, 0.5) is 4.79 Å². The molecule has 3 fully saturated rings. The molecule has 3 saturated heterocycles. The molecule has 0 spiro atoms. The lowest BCUT2D eigenvalue weighted by molar-refractivity contribution is -0.137. The van der Waals surface area contributed by atoms with Gasteiger partial charge in [0.1, 0.15) is 6.10 Å². The molecule has 0 bridgehead atoms. The first-order chi connectivity index (χ1) is 14.0. The smallest absolute Gasteiger partial charge is 0.410 e. The van der Waals surface area contributed by atoms with Crippen molar-refractivity contribution in [2.24, 2.45) is 5.92 Å². The molecule has 0 aromatic rings. The molecule has 8 nitrogen and oxygen atoms in total. The zero-order valence-electron chi connectivity index (χ0n) is 17.9. The van der Waals surface area contributed by atoms with Gasteiger partial charge in [-0.05, 0) is 64.7 Å². The largest absolute Gasteiger partial charge is 0.481 e. The Morgan fingerprint density at radius 3 is 2.41 bits per heavy atom. The normalized spacial score (nSPS) is 25.5. The van der Waals surface area contributed by atoms with Crippen molar-refractivity contribution in [3.8, 4) is 0 Å². The first-order valence-corrected chi connectivity index (χ1v) is 11.3. The standard InChI is InChI=1S/C21H38N4O4/c1-22-10-6-18(7-11-22)4-2-9-25-17-19(29-21(25)28)16-24-14-12-23(13-15-24)8-3-5-20(26)27/h18-19H,2-17H2,1H3,(H,26,27). The number of cyclic esters (lactones) is 1. The van der Waals surface area contributed by atoms with Crippen molar-refractivity contribution in [3.63, 3.8) is 0 Å². The van der Waals surface area contributed by atoms with Crippen LogP contribution >= 0.6 is 0 Å². The SMILES string of the molecule is CN1CCC(CCCN2CC(CN3CCN(CCCC(=O)O)CC3)OC2=O)CC1. The predicted molar refractivity (Wildman–Crippen MR) is 111 cm³/mol. The topological polar surface area (TPSA) is 76.6 Å². The lowest BCUT2D eigenvalue weighted by Crippen LogP contribution is -2.49. The van der Waals surface area contributed by atoms with Gasteiger partial charge in [-0.2, -0.15) is 0 Å². The molecule has 3 heterocycles. The van der Waals surface area contributed by atoms with E-state index in [4.69, 9.17) is 9.84 Å². The molecule has 0 aromatic heterocycles. The van der Waals surface area contributed by atoms with E-state index in [9.17, 15) is 9.59 Å². The highest BCUT2D eigenvalue weighted by atomic mass is 16.6. The first-order valence-electron chi connectivity index (χ1n) is 11.3. The fourth-order valence-electron chi connectivity index (χ4n) is 4.71. The van der Waals surface area contributed by atoms with Crippen molar-refractivity contribution >= 4 is 12.1 Å². The Labute approximate surface area is 174 Å². The number of ether oxygens (including phenoxy) is 1. The third-order valence-electron chi connectivity index (χ3n) is 6.62. The second-order valence-electron chi connectivity index (χ2n) is 8.98. The zero-order valence-corrected chi connectivity index (χ0v) is 17.9. The fraction of sp³-hybridized carbons (Fsp3) is 0.905. The monoisotopic (exact) mass is 410 g/mol. The second-order valence-corrected chi connectivity index (χ2v) is 8.98. The fourth-order valence-corrected chi connectivity index (χ4v) is 4.71. The average molecular weight is 411 g/mol. The van der Waals surface area contributed by atoms with Crippen LogP contribution in [0.5, 0.6) is 0 Å². The van der Waals surface area contributed by atoms with Gasteiger partial charge in [0.2, 0.25) is 0 Å². The van der Waals surface area contributed by atoms with Gasteiger partial charge in [-0.3, -0.25) is 9.69 Å². The molecule has 0 radical (unpaired) electrons. The quantitative estimate of drug-likeness (QED) is 0.584. The van der Waals surface area contributed by atoms with E-state index in [1.807, 2.05) is 4.90 Å². The number of carbonyl (C=O) groups excluding carboxylic acids is 1. The van der Waals surface area contributed by atoms with E-state index in [0.29, 0.717) is 13.0 Å². The van der Waals surface area contributed by atoms with Crippen LogP contribution in [0, 0.1) is 5.92 Å². The van der Waals surface area contributed by atoms with Crippen LogP contribution in [-0.4, -0.2) is 115 Å². The van der Waals surface area contributed by atoms with Crippen molar-refractivity contribution < 1.29 is 19.4 Å². The van der Waals surface area contributed by atoms with Crippen molar-refractivity contribution in [2.75, 3.05) is 72.5 Å². The molecule has 0 aliphatic carbocycles. The van der Waals surface area contributed by atoms with Crippen molar-refractivity contribution in [1.29, 1.82) is 0 Å². The highest BCUT2D eigenvalue weighted by molar-refractivity contribution is 5.69. The summed E-state index contributed by atoms with van der Waals surface area (Å²) in [5, 5.41) is 8.74. The molecule has 3 aliphatic rings. The van der Waals surface area contributed by atoms with Gasteiger partial charge in [0.25, 0.3) is 0 Å². The summed E-state index contributed by atoms with van der Waals surface area (Å²) in [6.45, 7) is 9.42. The van der Waals surface area contributed by atoms with Gasteiger partial charge in [0, 0.05) is 45.7 Å². The van der Waals surface area contributed by atoms with Gasteiger partial charge in [0.15, 0.2) is 0 Å². The second kappa shape index (κ2) is 11.1.